The van der Waals surface area contributed by atoms with Crippen molar-refractivity contribution in [1.82, 2.24) is 5.32 Å². The zero-order chi connectivity index (χ0) is 10.2. The van der Waals surface area contributed by atoms with E-state index in [9.17, 15) is 0 Å². The molecule has 0 radical (unpaired) electrons. The average Bonchev–Trinajstić information content (AvgIpc) is 2.20. The number of rotatable bonds is 6. The quantitative estimate of drug-likeness (QED) is 0.734. The highest BCUT2D eigenvalue weighted by molar-refractivity contribution is 6.31. The van der Waals surface area contributed by atoms with E-state index in [1.807, 2.05) is 24.3 Å². The number of ether oxygens (including phenoxy) is 1. The monoisotopic (exact) mass is 213 g/mol. The molecular weight excluding hydrogens is 198 g/mol. The Labute approximate surface area is 90.2 Å². The van der Waals surface area contributed by atoms with E-state index in [2.05, 4.69) is 5.32 Å². The number of halogens is 1. The minimum Gasteiger partial charge on any atom is -0.385 e. The van der Waals surface area contributed by atoms with Crippen molar-refractivity contribution in [2.24, 2.45) is 0 Å². The lowest BCUT2D eigenvalue weighted by atomic mass is 10.2. The summed E-state index contributed by atoms with van der Waals surface area (Å²) in [6.07, 6.45) is 1.03. The van der Waals surface area contributed by atoms with Gasteiger partial charge in [0, 0.05) is 25.3 Å². The first-order valence-electron chi connectivity index (χ1n) is 4.77. The number of nitrogens with one attached hydrogen (secondary N) is 1. The van der Waals surface area contributed by atoms with Gasteiger partial charge in [-0.1, -0.05) is 29.8 Å². The summed E-state index contributed by atoms with van der Waals surface area (Å²) < 4.78 is 4.95. The van der Waals surface area contributed by atoms with E-state index in [1.54, 1.807) is 7.11 Å². The maximum absolute atomic E-state index is 6.00. The Morgan fingerprint density at radius 3 is 2.86 bits per heavy atom. The van der Waals surface area contributed by atoms with Crippen LogP contribution >= 0.6 is 11.6 Å². The third kappa shape index (κ3) is 4.09. The SMILES string of the molecule is COCCCNCc1ccccc1Cl. The van der Waals surface area contributed by atoms with E-state index >= 15 is 0 Å². The standard InChI is InChI=1S/C11H16ClNO/c1-14-8-4-7-13-9-10-5-2-3-6-11(10)12/h2-3,5-6,13H,4,7-9H2,1H3. The van der Waals surface area contributed by atoms with Gasteiger partial charge in [0.1, 0.15) is 0 Å². The first-order chi connectivity index (χ1) is 6.84. The van der Waals surface area contributed by atoms with Crippen LogP contribution in [0.5, 0.6) is 0 Å². The second-order valence-electron chi connectivity index (χ2n) is 3.11. The van der Waals surface area contributed by atoms with Crippen LogP contribution in [0.15, 0.2) is 24.3 Å². The molecule has 14 heavy (non-hydrogen) atoms. The fraction of sp³-hybridized carbons (Fsp3) is 0.455. The predicted molar refractivity (Wildman–Crippen MR) is 59.7 cm³/mol. The lowest BCUT2D eigenvalue weighted by Gasteiger charge is -2.05. The van der Waals surface area contributed by atoms with Crippen LogP contribution in [0.3, 0.4) is 0 Å². The summed E-state index contributed by atoms with van der Waals surface area (Å²) in [4.78, 5) is 0. The molecule has 0 fully saturated rings. The molecule has 0 bridgehead atoms. The minimum atomic E-state index is 0.801. The van der Waals surface area contributed by atoms with Gasteiger partial charge in [-0.15, -0.1) is 0 Å². The Hall–Kier alpha value is -0.570. The van der Waals surface area contributed by atoms with Crippen LogP contribution in [0.25, 0.3) is 0 Å². The molecule has 3 heteroatoms. The second-order valence-corrected chi connectivity index (χ2v) is 3.52. The minimum absolute atomic E-state index is 0.801. The first kappa shape index (κ1) is 11.5. The molecule has 0 aliphatic heterocycles. The van der Waals surface area contributed by atoms with E-state index in [1.165, 1.54) is 0 Å². The van der Waals surface area contributed by atoms with Gasteiger partial charge in [0.15, 0.2) is 0 Å². The van der Waals surface area contributed by atoms with E-state index in [-0.39, 0.29) is 0 Å². The van der Waals surface area contributed by atoms with Gasteiger partial charge in [-0.25, -0.2) is 0 Å². The second kappa shape index (κ2) is 6.82. The summed E-state index contributed by atoms with van der Waals surface area (Å²) in [6.45, 7) is 2.58. The third-order valence-electron chi connectivity index (χ3n) is 1.98. The molecule has 0 aromatic heterocycles. The molecule has 0 atom stereocenters. The molecule has 0 aliphatic rings. The molecular formula is C11H16ClNO. The molecule has 0 heterocycles. The third-order valence-corrected chi connectivity index (χ3v) is 2.34. The largest absolute Gasteiger partial charge is 0.385 e. The molecule has 1 N–H and O–H groups in total. The molecule has 1 aromatic carbocycles. The lowest BCUT2D eigenvalue weighted by molar-refractivity contribution is 0.194. The van der Waals surface area contributed by atoms with Gasteiger partial charge in [0.2, 0.25) is 0 Å². The van der Waals surface area contributed by atoms with Gasteiger partial charge in [-0.2, -0.15) is 0 Å². The van der Waals surface area contributed by atoms with Crippen LogP contribution in [0.1, 0.15) is 12.0 Å². The molecule has 2 nitrogen and oxygen atoms in total. The van der Waals surface area contributed by atoms with Crippen molar-refractivity contribution < 1.29 is 4.74 Å². The summed E-state index contributed by atoms with van der Waals surface area (Å²) in [5.41, 5.74) is 1.14. The maximum Gasteiger partial charge on any atom is 0.0474 e. The highest BCUT2D eigenvalue weighted by Gasteiger charge is 1.96. The van der Waals surface area contributed by atoms with Crippen molar-refractivity contribution in [3.05, 3.63) is 34.9 Å². The van der Waals surface area contributed by atoms with Crippen LogP contribution in [-0.2, 0) is 11.3 Å². The molecule has 0 aliphatic carbocycles. The molecule has 78 valence electrons. The van der Waals surface area contributed by atoms with E-state index in [0.717, 1.165) is 36.7 Å². The van der Waals surface area contributed by atoms with Crippen molar-refractivity contribution in [2.45, 2.75) is 13.0 Å². The zero-order valence-electron chi connectivity index (χ0n) is 8.42. The van der Waals surface area contributed by atoms with Gasteiger partial charge < -0.3 is 10.1 Å². The average molecular weight is 214 g/mol. The Morgan fingerprint density at radius 1 is 1.36 bits per heavy atom. The molecule has 0 unspecified atom stereocenters. The highest BCUT2D eigenvalue weighted by atomic mass is 35.5. The van der Waals surface area contributed by atoms with Crippen molar-refractivity contribution in [3.8, 4) is 0 Å². The van der Waals surface area contributed by atoms with Crippen molar-refractivity contribution in [3.63, 3.8) is 0 Å². The smallest absolute Gasteiger partial charge is 0.0474 e. The fourth-order valence-corrected chi connectivity index (χ4v) is 1.41. The molecule has 0 saturated carbocycles. The number of benzene rings is 1. The molecule has 0 spiro atoms. The van der Waals surface area contributed by atoms with E-state index < -0.39 is 0 Å². The predicted octanol–water partition coefficient (Wildman–Crippen LogP) is 2.47. The van der Waals surface area contributed by atoms with Gasteiger partial charge >= 0.3 is 0 Å². The van der Waals surface area contributed by atoms with E-state index in [0.29, 0.717) is 0 Å². The summed E-state index contributed by atoms with van der Waals surface area (Å²) >= 11 is 6.00. The normalized spacial score (nSPS) is 10.4. The van der Waals surface area contributed by atoms with Crippen LogP contribution in [0.2, 0.25) is 5.02 Å². The molecule has 1 aromatic rings. The maximum atomic E-state index is 6.00. The van der Waals surface area contributed by atoms with Gasteiger partial charge in [-0.3, -0.25) is 0 Å². The molecule has 0 saturated heterocycles. The van der Waals surface area contributed by atoms with Gasteiger partial charge in [-0.05, 0) is 24.6 Å². The summed E-state index contributed by atoms with van der Waals surface area (Å²) in [5, 5.41) is 4.14. The Bertz CT molecular complexity index is 265. The van der Waals surface area contributed by atoms with Crippen LogP contribution in [-0.4, -0.2) is 20.3 Å². The topological polar surface area (TPSA) is 21.3 Å². The van der Waals surface area contributed by atoms with Crippen molar-refractivity contribution in [1.29, 1.82) is 0 Å². The summed E-state index contributed by atoms with van der Waals surface area (Å²) in [7, 11) is 1.72. The number of hydrogen-bond donors (Lipinski definition) is 1. The first-order valence-corrected chi connectivity index (χ1v) is 5.15. The zero-order valence-corrected chi connectivity index (χ0v) is 9.18. The molecule has 1 rings (SSSR count). The number of methoxy groups -OCH3 is 1. The molecule has 0 amide bonds. The highest BCUT2D eigenvalue weighted by Crippen LogP contribution is 2.13. The van der Waals surface area contributed by atoms with Crippen LogP contribution < -0.4 is 5.32 Å². The lowest BCUT2D eigenvalue weighted by Crippen LogP contribution is -2.16. The van der Waals surface area contributed by atoms with Crippen LogP contribution in [0, 0.1) is 0 Å². The van der Waals surface area contributed by atoms with Gasteiger partial charge in [0.25, 0.3) is 0 Å². The number of hydrogen-bond acceptors (Lipinski definition) is 2. The van der Waals surface area contributed by atoms with Gasteiger partial charge in [0.05, 0.1) is 0 Å². The van der Waals surface area contributed by atoms with Crippen molar-refractivity contribution >= 4 is 11.6 Å². The van der Waals surface area contributed by atoms with Crippen molar-refractivity contribution in [2.75, 3.05) is 20.3 Å². The Balaban J connectivity index is 2.21. The fourth-order valence-electron chi connectivity index (χ4n) is 1.21. The summed E-state index contributed by atoms with van der Waals surface area (Å²) in [6, 6.07) is 7.88. The summed E-state index contributed by atoms with van der Waals surface area (Å²) in [5.74, 6) is 0. The Kier molecular flexibility index (Phi) is 5.60. The van der Waals surface area contributed by atoms with E-state index in [4.69, 9.17) is 16.3 Å². The Morgan fingerprint density at radius 2 is 2.14 bits per heavy atom. The van der Waals surface area contributed by atoms with Crippen LogP contribution in [0.4, 0.5) is 0 Å².